The minimum atomic E-state index is 0.314. The molecule has 1 aliphatic carbocycles. The highest BCUT2D eigenvalue weighted by atomic mass is 16.5. The Hall–Kier alpha value is -1.77. The Balaban J connectivity index is 2.06. The molecule has 0 radical (unpaired) electrons. The summed E-state index contributed by atoms with van der Waals surface area (Å²) in [6.07, 6.45) is 3.41. The van der Waals surface area contributed by atoms with Gasteiger partial charge in [0.2, 0.25) is 0 Å². The van der Waals surface area contributed by atoms with Gasteiger partial charge in [0, 0.05) is 11.5 Å². The van der Waals surface area contributed by atoms with Crippen molar-refractivity contribution in [3.8, 4) is 11.5 Å². The summed E-state index contributed by atoms with van der Waals surface area (Å²) in [6, 6.07) is 7.50. The summed E-state index contributed by atoms with van der Waals surface area (Å²) < 4.78 is 5.18. The van der Waals surface area contributed by atoms with Crippen molar-refractivity contribution in [2.24, 2.45) is 5.92 Å². The van der Waals surface area contributed by atoms with Crippen molar-refractivity contribution in [3.63, 3.8) is 0 Å². The molecule has 1 aromatic carbocycles. The fraction of sp³-hybridized carbons (Fsp3) is 0.357. The van der Waals surface area contributed by atoms with Crippen molar-refractivity contribution < 1.29 is 9.84 Å². The number of rotatable bonds is 3. The van der Waals surface area contributed by atoms with E-state index in [9.17, 15) is 5.11 Å². The van der Waals surface area contributed by atoms with E-state index in [0.717, 1.165) is 34.7 Å². The third kappa shape index (κ3) is 2.05. The summed E-state index contributed by atoms with van der Waals surface area (Å²) >= 11 is 0. The van der Waals surface area contributed by atoms with E-state index in [1.165, 1.54) is 12.8 Å². The zero-order chi connectivity index (χ0) is 11.8. The summed E-state index contributed by atoms with van der Waals surface area (Å²) in [4.78, 5) is 4.53. The lowest BCUT2D eigenvalue weighted by atomic mass is 10.1. The third-order valence-electron chi connectivity index (χ3n) is 3.26. The molecule has 3 heteroatoms. The molecular formula is C14H15NO2. The Morgan fingerprint density at radius 2 is 2.18 bits per heavy atom. The average Bonchev–Trinajstić information content (AvgIpc) is 3.13. The number of ether oxygens (including phenoxy) is 1. The fourth-order valence-electron chi connectivity index (χ4n) is 2.05. The van der Waals surface area contributed by atoms with Crippen LogP contribution in [0.2, 0.25) is 0 Å². The summed E-state index contributed by atoms with van der Waals surface area (Å²) in [5, 5.41) is 10.9. The van der Waals surface area contributed by atoms with E-state index in [-0.39, 0.29) is 0 Å². The zero-order valence-electron chi connectivity index (χ0n) is 9.81. The topological polar surface area (TPSA) is 42.4 Å². The van der Waals surface area contributed by atoms with Gasteiger partial charge in [-0.1, -0.05) is 0 Å². The van der Waals surface area contributed by atoms with Crippen molar-refractivity contribution in [1.29, 1.82) is 0 Å². The van der Waals surface area contributed by atoms with Crippen LogP contribution in [0.3, 0.4) is 0 Å². The molecule has 1 fully saturated rings. The molecule has 1 aliphatic rings. The Morgan fingerprint density at radius 3 is 2.88 bits per heavy atom. The van der Waals surface area contributed by atoms with Crippen LogP contribution >= 0.6 is 0 Å². The van der Waals surface area contributed by atoms with Crippen LogP contribution in [0.15, 0.2) is 24.3 Å². The Morgan fingerprint density at radius 1 is 1.35 bits per heavy atom. The van der Waals surface area contributed by atoms with Crippen LogP contribution in [0.1, 0.15) is 18.5 Å². The number of benzene rings is 1. The second-order valence-corrected chi connectivity index (χ2v) is 4.66. The molecule has 17 heavy (non-hydrogen) atoms. The van der Waals surface area contributed by atoms with Crippen LogP contribution in [0.4, 0.5) is 0 Å². The summed E-state index contributed by atoms with van der Waals surface area (Å²) in [5.74, 6) is 1.83. The Labute approximate surface area is 100 Å². The maximum atomic E-state index is 9.92. The SMILES string of the molecule is COc1ccc2cc(O)c(CC3CC3)nc2c1. The van der Waals surface area contributed by atoms with Gasteiger partial charge >= 0.3 is 0 Å². The third-order valence-corrected chi connectivity index (χ3v) is 3.26. The monoisotopic (exact) mass is 229 g/mol. The molecule has 0 saturated heterocycles. The van der Waals surface area contributed by atoms with Crippen molar-refractivity contribution in [2.45, 2.75) is 19.3 Å². The number of hydrogen-bond donors (Lipinski definition) is 1. The van der Waals surface area contributed by atoms with E-state index in [0.29, 0.717) is 5.75 Å². The highest BCUT2D eigenvalue weighted by Gasteiger charge is 2.23. The smallest absolute Gasteiger partial charge is 0.137 e. The van der Waals surface area contributed by atoms with Crippen LogP contribution in [0.5, 0.6) is 11.5 Å². The van der Waals surface area contributed by atoms with Gasteiger partial charge in [-0.3, -0.25) is 0 Å². The van der Waals surface area contributed by atoms with Crippen LogP contribution < -0.4 is 4.74 Å². The largest absolute Gasteiger partial charge is 0.506 e. The standard InChI is InChI=1S/C14H15NO2/c1-17-11-5-4-10-7-14(16)13(6-9-2-3-9)15-12(10)8-11/h4-5,7-9,16H,2-3,6H2,1H3. The van der Waals surface area contributed by atoms with Gasteiger partial charge in [0.15, 0.2) is 0 Å². The molecule has 1 heterocycles. The van der Waals surface area contributed by atoms with E-state index >= 15 is 0 Å². The van der Waals surface area contributed by atoms with Gasteiger partial charge in [-0.2, -0.15) is 0 Å². The van der Waals surface area contributed by atoms with Gasteiger partial charge in [-0.15, -0.1) is 0 Å². The number of aromatic nitrogens is 1. The number of fused-ring (bicyclic) bond motifs is 1. The number of nitrogens with zero attached hydrogens (tertiary/aromatic N) is 1. The number of hydrogen-bond acceptors (Lipinski definition) is 3. The highest BCUT2D eigenvalue weighted by Crippen LogP contribution is 2.35. The molecule has 0 bridgehead atoms. The van der Waals surface area contributed by atoms with Crippen LogP contribution in [-0.2, 0) is 6.42 Å². The van der Waals surface area contributed by atoms with Gasteiger partial charge in [-0.05, 0) is 43.4 Å². The van der Waals surface area contributed by atoms with Gasteiger partial charge in [-0.25, -0.2) is 4.98 Å². The van der Waals surface area contributed by atoms with E-state index in [4.69, 9.17) is 4.74 Å². The van der Waals surface area contributed by atoms with Crippen LogP contribution in [-0.4, -0.2) is 17.2 Å². The molecule has 0 aliphatic heterocycles. The molecule has 1 N–H and O–H groups in total. The molecule has 3 rings (SSSR count). The molecule has 1 aromatic heterocycles. The lowest BCUT2D eigenvalue weighted by Gasteiger charge is -2.07. The molecule has 0 unspecified atom stereocenters. The summed E-state index contributed by atoms with van der Waals surface area (Å²) in [6.45, 7) is 0. The van der Waals surface area contributed by atoms with E-state index < -0.39 is 0 Å². The first kappa shape index (κ1) is 10.4. The molecule has 2 aromatic rings. The molecule has 0 atom stereocenters. The van der Waals surface area contributed by atoms with Gasteiger partial charge in [0.05, 0.1) is 18.3 Å². The minimum Gasteiger partial charge on any atom is -0.506 e. The Kier molecular flexibility index (Phi) is 2.39. The van der Waals surface area contributed by atoms with E-state index in [2.05, 4.69) is 4.98 Å². The van der Waals surface area contributed by atoms with E-state index in [1.807, 2.05) is 18.2 Å². The van der Waals surface area contributed by atoms with Crippen molar-refractivity contribution in [3.05, 3.63) is 30.0 Å². The lowest BCUT2D eigenvalue weighted by Crippen LogP contribution is -1.94. The van der Waals surface area contributed by atoms with Crippen LogP contribution in [0, 0.1) is 5.92 Å². The second-order valence-electron chi connectivity index (χ2n) is 4.66. The lowest BCUT2D eigenvalue weighted by molar-refractivity contribution is 0.415. The Bertz CT molecular complexity index is 561. The zero-order valence-corrected chi connectivity index (χ0v) is 9.81. The van der Waals surface area contributed by atoms with Gasteiger partial charge in [0.1, 0.15) is 11.5 Å². The molecule has 1 saturated carbocycles. The minimum absolute atomic E-state index is 0.314. The van der Waals surface area contributed by atoms with Crippen molar-refractivity contribution >= 4 is 10.9 Å². The summed E-state index contributed by atoms with van der Waals surface area (Å²) in [7, 11) is 1.65. The summed E-state index contributed by atoms with van der Waals surface area (Å²) in [5.41, 5.74) is 1.70. The maximum Gasteiger partial charge on any atom is 0.137 e. The second kappa shape index (κ2) is 3.91. The molecule has 0 spiro atoms. The first-order valence-corrected chi connectivity index (χ1v) is 5.93. The molecular weight excluding hydrogens is 214 g/mol. The predicted molar refractivity (Wildman–Crippen MR) is 66.4 cm³/mol. The molecule has 3 nitrogen and oxygen atoms in total. The number of aromatic hydroxyl groups is 1. The molecule has 0 amide bonds. The van der Waals surface area contributed by atoms with Gasteiger partial charge < -0.3 is 9.84 Å². The molecule has 88 valence electrons. The van der Waals surface area contributed by atoms with Gasteiger partial charge in [0.25, 0.3) is 0 Å². The quantitative estimate of drug-likeness (QED) is 0.880. The number of methoxy groups -OCH3 is 1. The normalized spacial score (nSPS) is 15.1. The highest BCUT2D eigenvalue weighted by molar-refractivity contribution is 5.81. The predicted octanol–water partition coefficient (Wildman–Crippen LogP) is 2.90. The number of pyridine rings is 1. The first-order chi connectivity index (χ1) is 8.26. The van der Waals surface area contributed by atoms with Crippen molar-refractivity contribution in [1.82, 2.24) is 4.98 Å². The van der Waals surface area contributed by atoms with Crippen molar-refractivity contribution in [2.75, 3.05) is 7.11 Å². The maximum absolute atomic E-state index is 9.92. The first-order valence-electron chi connectivity index (χ1n) is 5.93. The van der Waals surface area contributed by atoms with E-state index in [1.54, 1.807) is 13.2 Å². The fourth-order valence-corrected chi connectivity index (χ4v) is 2.05. The van der Waals surface area contributed by atoms with Crippen LogP contribution in [0.25, 0.3) is 10.9 Å². The average molecular weight is 229 g/mol.